The monoisotopic (exact) mass is 496 g/mol. The molecule has 2 aromatic heterocycles. The van der Waals surface area contributed by atoms with E-state index in [2.05, 4.69) is 21.2 Å². The fraction of sp³-hybridized carbons (Fsp3) is 0.208. The van der Waals surface area contributed by atoms with Crippen LogP contribution in [0.25, 0.3) is 33.1 Å². The third-order valence-electron chi connectivity index (χ3n) is 5.35. The second-order valence-electron chi connectivity index (χ2n) is 7.50. The number of fused-ring (bicyclic) bond motifs is 2. The van der Waals surface area contributed by atoms with E-state index in [1.807, 2.05) is 30.3 Å². The lowest BCUT2D eigenvalue weighted by molar-refractivity contribution is -0.305. The first-order chi connectivity index (χ1) is 15.3. The van der Waals surface area contributed by atoms with Crippen molar-refractivity contribution in [3.05, 3.63) is 68.7 Å². The van der Waals surface area contributed by atoms with Crippen molar-refractivity contribution in [3.8, 4) is 11.1 Å². The minimum Gasteiger partial charge on any atom is -0.550 e. The lowest BCUT2D eigenvalue weighted by atomic mass is 9.99. The number of carbonyl (C=O) groups is 2. The van der Waals surface area contributed by atoms with Gasteiger partial charge in [0.05, 0.1) is 18.2 Å². The summed E-state index contributed by atoms with van der Waals surface area (Å²) in [4.78, 5) is 35.3. The fourth-order valence-corrected chi connectivity index (χ4v) is 3.92. The molecule has 0 bridgehead atoms. The van der Waals surface area contributed by atoms with E-state index in [-0.39, 0.29) is 37.3 Å². The van der Waals surface area contributed by atoms with Crippen molar-refractivity contribution in [2.24, 2.45) is 0 Å². The summed E-state index contributed by atoms with van der Waals surface area (Å²) in [5.74, 6) is -1.55. The Hall–Kier alpha value is -3.39. The van der Waals surface area contributed by atoms with Crippen LogP contribution < -0.4 is 16.0 Å². The van der Waals surface area contributed by atoms with Crippen molar-refractivity contribution < 1.29 is 23.5 Å². The molecule has 0 atom stereocenters. The van der Waals surface area contributed by atoms with Gasteiger partial charge in [-0.15, -0.1) is 0 Å². The summed E-state index contributed by atoms with van der Waals surface area (Å²) in [5, 5.41) is 14.7. The van der Waals surface area contributed by atoms with Gasteiger partial charge >= 0.3 is 5.63 Å². The minimum absolute atomic E-state index is 0.140. The van der Waals surface area contributed by atoms with Crippen LogP contribution in [0.4, 0.5) is 0 Å². The number of carboxylic acid groups (broad SMARTS) is 1. The van der Waals surface area contributed by atoms with Crippen molar-refractivity contribution in [2.45, 2.75) is 26.2 Å². The smallest absolute Gasteiger partial charge is 0.340 e. The first-order valence-corrected chi connectivity index (χ1v) is 10.8. The van der Waals surface area contributed by atoms with Crippen LogP contribution in [0, 0.1) is 6.92 Å². The fourth-order valence-electron chi connectivity index (χ4n) is 3.65. The van der Waals surface area contributed by atoms with Gasteiger partial charge in [0.1, 0.15) is 11.2 Å². The molecule has 164 valence electrons. The van der Waals surface area contributed by atoms with Crippen molar-refractivity contribution >= 4 is 49.7 Å². The Bertz CT molecular complexity index is 1380. The molecule has 0 aliphatic heterocycles. The molecule has 0 fully saturated rings. The van der Waals surface area contributed by atoms with Gasteiger partial charge in [0.25, 0.3) is 0 Å². The molecule has 0 aliphatic rings. The normalized spacial score (nSPS) is 11.2. The summed E-state index contributed by atoms with van der Waals surface area (Å²) in [6.45, 7) is 1.97. The van der Waals surface area contributed by atoms with Crippen LogP contribution in [-0.4, -0.2) is 18.4 Å². The summed E-state index contributed by atoms with van der Waals surface area (Å²) in [7, 11) is 0. The number of nitrogens with one attached hydrogen (secondary N) is 1. The number of benzene rings is 2. The van der Waals surface area contributed by atoms with Crippen LogP contribution in [0.1, 0.15) is 24.0 Å². The highest BCUT2D eigenvalue weighted by Crippen LogP contribution is 2.35. The van der Waals surface area contributed by atoms with Crippen molar-refractivity contribution in [3.63, 3.8) is 0 Å². The summed E-state index contributed by atoms with van der Waals surface area (Å²) < 4.78 is 12.2. The van der Waals surface area contributed by atoms with Crippen molar-refractivity contribution in [2.75, 3.05) is 6.54 Å². The van der Waals surface area contributed by atoms with Gasteiger partial charge in [-0.1, -0.05) is 28.1 Å². The van der Waals surface area contributed by atoms with E-state index in [9.17, 15) is 19.5 Å². The number of carbonyl (C=O) groups excluding carboxylic acids is 2. The zero-order valence-corrected chi connectivity index (χ0v) is 18.8. The third kappa shape index (κ3) is 4.45. The highest BCUT2D eigenvalue weighted by atomic mass is 79.9. The first-order valence-electron chi connectivity index (χ1n) is 10.0. The topological polar surface area (TPSA) is 113 Å². The first kappa shape index (κ1) is 21.8. The predicted molar refractivity (Wildman–Crippen MR) is 121 cm³/mol. The molecule has 7 nitrogen and oxygen atoms in total. The molecule has 0 saturated carbocycles. The summed E-state index contributed by atoms with van der Waals surface area (Å²) in [6.07, 6.45) is 1.63. The number of hydrogen-bond donors (Lipinski definition) is 1. The molecule has 1 amide bonds. The Labute approximate surface area is 191 Å². The second kappa shape index (κ2) is 9.00. The summed E-state index contributed by atoms with van der Waals surface area (Å²) in [6, 6.07) is 11.4. The maximum Gasteiger partial charge on any atom is 0.340 e. The maximum absolute atomic E-state index is 12.5. The number of rotatable bonds is 7. The summed E-state index contributed by atoms with van der Waals surface area (Å²) >= 11 is 3.43. The van der Waals surface area contributed by atoms with Gasteiger partial charge in [-0.25, -0.2) is 4.79 Å². The van der Waals surface area contributed by atoms with E-state index in [1.165, 1.54) is 0 Å². The van der Waals surface area contributed by atoms with Crippen molar-refractivity contribution in [1.29, 1.82) is 0 Å². The van der Waals surface area contributed by atoms with Crippen LogP contribution in [0.2, 0.25) is 0 Å². The highest BCUT2D eigenvalue weighted by Gasteiger charge is 2.17. The van der Waals surface area contributed by atoms with Gasteiger partial charge in [0.2, 0.25) is 5.91 Å². The maximum atomic E-state index is 12.5. The van der Waals surface area contributed by atoms with Crippen LogP contribution in [0.5, 0.6) is 0 Å². The van der Waals surface area contributed by atoms with Gasteiger partial charge in [-0.2, -0.15) is 0 Å². The third-order valence-corrected chi connectivity index (χ3v) is 5.88. The summed E-state index contributed by atoms with van der Waals surface area (Å²) in [5.41, 5.74) is 3.21. The van der Waals surface area contributed by atoms with E-state index in [0.29, 0.717) is 16.7 Å². The molecule has 0 radical (unpaired) electrons. The molecule has 0 unspecified atom stereocenters. The average molecular weight is 497 g/mol. The van der Waals surface area contributed by atoms with E-state index < -0.39 is 11.6 Å². The highest BCUT2D eigenvalue weighted by molar-refractivity contribution is 9.10. The number of aryl methyl sites for hydroxylation is 1. The molecule has 4 rings (SSSR count). The molecule has 2 aromatic carbocycles. The van der Waals surface area contributed by atoms with E-state index in [4.69, 9.17) is 8.83 Å². The van der Waals surface area contributed by atoms with Gasteiger partial charge in [-0.05, 0) is 49.1 Å². The number of furan rings is 1. The Morgan fingerprint density at radius 3 is 2.56 bits per heavy atom. The SMILES string of the molecule is Cc1c(CC(=O)NCCCC(=O)[O-])c(=O)oc2cc3occ(-c4ccc(Br)cc4)c3cc12. The number of hydrogen-bond acceptors (Lipinski definition) is 6. The molecule has 0 aliphatic carbocycles. The van der Waals surface area contributed by atoms with Gasteiger partial charge in [0, 0.05) is 39.4 Å². The predicted octanol–water partition coefficient (Wildman–Crippen LogP) is 3.47. The number of aliphatic carboxylic acids is 1. The van der Waals surface area contributed by atoms with E-state index >= 15 is 0 Å². The molecule has 2 heterocycles. The molecular formula is C24H19BrNO6-. The number of halogens is 1. The number of amides is 1. The Morgan fingerprint density at radius 1 is 1.09 bits per heavy atom. The zero-order valence-electron chi connectivity index (χ0n) is 17.2. The Balaban J connectivity index is 1.68. The molecule has 32 heavy (non-hydrogen) atoms. The van der Waals surface area contributed by atoms with Gasteiger partial charge in [0.15, 0.2) is 0 Å². The molecule has 0 spiro atoms. The van der Waals surface area contributed by atoms with Crippen LogP contribution in [0.3, 0.4) is 0 Å². The Morgan fingerprint density at radius 2 is 1.84 bits per heavy atom. The molecular weight excluding hydrogens is 478 g/mol. The molecule has 1 N–H and O–H groups in total. The quantitative estimate of drug-likeness (QED) is 0.309. The van der Waals surface area contributed by atoms with Crippen LogP contribution in [-0.2, 0) is 16.0 Å². The lowest BCUT2D eigenvalue weighted by Gasteiger charge is -2.09. The van der Waals surface area contributed by atoms with Crippen LogP contribution in [0.15, 0.2) is 60.8 Å². The lowest BCUT2D eigenvalue weighted by Crippen LogP contribution is -2.30. The van der Waals surface area contributed by atoms with E-state index in [0.717, 1.165) is 26.4 Å². The van der Waals surface area contributed by atoms with Crippen LogP contribution >= 0.6 is 15.9 Å². The van der Waals surface area contributed by atoms with Crippen molar-refractivity contribution in [1.82, 2.24) is 5.32 Å². The zero-order chi connectivity index (χ0) is 22.8. The number of carboxylic acids is 1. The van der Waals surface area contributed by atoms with Gasteiger partial charge in [-0.3, -0.25) is 4.79 Å². The molecule has 8 heteroatoms. The standard InChI is InChI=1S/C24H20BrNO6/c1-13-16-9-18-19(14-4-6-15(25)7-5-14)12-31-20(18)11-21(16)32-24(30)17(13)10-22(27)26-8-2-3-23(28)29/h4-7,9,11-12H,2-3,8,10H2,1H3,(H,26,27)(H,28,29)/p-1. The average Bonchev–Trinajstić information content (AvgIpc) is 3.16. The largest absolute Gasteiger partial charge is 0.550 e. The van der Waals surface area contributed by atoms with E-state index in [1.54, 1.807) is 19.3 Å². The Kier molecular flexibility index (Phi) is 6.14. The molecule has 4 aromatic rings. The van der Waals surface area contributed by atoms with Gasteiger partial charge < -0.3 is 24.1 Å². The second-order valence-corrected chi connectivity index (χ2v) is 8.41. The minimum atomic E-state index is -1.17. The molecule has 0 saturated heterocycles.